The molecule has 0 fully saturated rings. The number of ether oxygens (including phenoxy) is 4. The first-order valence-corrected chi connectivity index (χ1v) is 45.7. The van der Waals surface area contributed by atoms with Gasteiger partial charge in [0.15, 0.2) is 12.2 Å². The first-order chi connectivity index (χ1) is 49.1. The molecule has 6 atom stereocenters. The maximum Gasteiger partial charge on any atom is 0.472 e. The van der Waals surface area contributed by atoms with Crippen LogP contribution in [0.3, 0.4) is 0 Å². The van der Waals surface area contributed by atoms with Crippen molar-refractivity contribution in [3.05, 3.63) is 0 Å². The number of unbranched alkanes of at least 4 members (excludes halogenated alkanes) is 45. The molecule has 102 heavy (non-hydrogen) atoms. The highest BCUT2D eigenvalue weighted by molar-refractivity contribution is 7.47. The van der Waals surface area contributed by atoms with Crippen LogP contribution >= 0.6 is 15.6 Å². The van der Waals surface area contributed by atoms with Gasteiger partial charge in [0.05, 0.1) is 26.4 Å². The van der Waals surface area contributed by atoms with Crippen molar-refractivity contribution in [2.45, 2.75) is 446 Å². The predicted octanol–water partition coefficient (Wildman–Crippen LogP) is 24.8. The quantitative estimate of drug-likeness (QED) is 0.0222. The fraction of sp³-hybridized carbons (Fsp3) is 0.952. The Morgan fingerprint density at radius 1 is 0.275 bits per heavy atom. The molecule has 19 heteroatoms. The maximum absolute atomic E-state index is 13.1. The Balaban J connectivity index is 5.11. The van der Waals surface area contributed by atoms with E-state index < -0.39 is 97.5 Å². The Morgan fingerprint density at radius 3 is 0.696 bits per heavy atom. The highest BCUT2D eigenvalue weighted by Crippen LogP contribution is 2.45. The second-order valence-electron chi connectivity index (χ2n) is 31.5. The molecule has 606 valence electrons. The largest absolute Gasteiger partial charge is 0.472 e. The van der Waals surface area contributed by atoms with Gasteiger partial charge in [0.1, 0.15) is 19.3 Å². The Labute approximate surface area is 626 Å². The summed E-state index contributed by atoms with van der Waals surface area (Å²) in [6, 6.07) is 0. The SMILES string of the molecule is CCC(C)CCCCCCCCCCCCCCCCCCCCC(=O)O[C@H](COC(=O)CCCCCCCCC(C)C)COP(=O)(O)OC[C@H](O)COP(=O)(O)OC[C@@H](COC(=O)CCCCCCCCCC(C)C)OC(=O)CCCCCCCCCCCCCCCCCCCCC(C)C. The fourth-order valence-corrected chi connectivity index (χ4v) is 14.3. The van der Waals surface area contributed by atoms with Crippen LogP contribution in [0.2, 0.25) is 0 Å². The molecule has 0 aromatic rings. The molecular weight excluding hydrogens is 1330 g/mol. The average molecular weight is 1490 g/mol. The summed E-state index contributed by atoms with van der Waals surface area (Å²) >= 11 is 0. The molecule has 17 nitrogen and oxygen atoms in total. The minimum absolute atomic E-state index is 0.107. The standard InChI is InChI=1S/C83H162O17P2/c1-9-76(8)62-54-46-37-31-27-23-19-15-11-13-17-21-25-29-33-39-50-58-66-83(88)100-79(70-94-81(86)64-56-48-42-41-45-53-61-75(6)7)72-98-102(91,92)96-68-77(84)67-95-101(89,90)97-71-78(69-93-80(85)63-55-47-40-34-36-44-52-60-74(4)5)99-82(87)65-57-49-38-32-28-24-20-16-12-10-14-18-22-26-30-35-43-51-59-73(2)3/h73-79,84H,9-72H2,1-8H3,(H,89,90)(H,91,92)/t76?,77-,78-,79-/m1/s1. The highest BCUT2D eigenvalue weighted by Gasteiger charge is 2.30. The molecule has 0 radical (unpaired) electrons. The Kier molecular flexibility index (Phi) is 70.6. The van der Waals surface area contributed by atoms with E-state index in [-0.39, 0.29) is 25.7 Å². The van der Waals surface area contributed by atoms with Gasteiger partial charge in [-0.15, -0.1) is 0 Å². The van der Waals surface area contributed by atoms with Crippen molar-refractivity contribution in [1.82, 2.24) is 0 Å². The summed E-state index contributed by atoms with van der Waals surface area (Å²) in [4.78, 5) is 72.9. The first kappa shape index (κ1) is 100. The van der Waals surface area contributed by atoms with E-state index in [0.717, 1.165) is 115 Å². The number of carbonyl (C=O) groups is 4. The zero-order valence-electron chi connectivity index (χ0n) is 67.2. The van der Waals surface area contributed by atoms with Gasteiger partial charge in [0, 0.05) is 25.7 Å². The first-order valence-electron chi connectivity index (χ1n) is 42.7. The van der Waals surface area contributed by atoms with Crippen LogP contribution in [-0.4, -0.2) is 96.7 Å². The van der Waals surface area contributed by atoms with Gasteiger partial charge in [0.25, 0.3) is 0 Å². The summed E-state index contributed by atoms with van der Waals surface area (Å²) in [5, 5.41) is 10.6. The van der Waals surface area contributed by atoms with E-state index in [1.54, 1.807) is 0 Å². The number of phosphoric ester groups is 2. The molecular formula is C83H162O17P2. The third kappa shape index (κ3) is 74.9. The third-order valence-corrected chi connectivity index (χ3v) is 21.6. The monoisotopic (exact) mass is 1490 g/mol. The molecule has 0 heterocycles. The van der Waals surface area contributed by atoms with Crippen LogP contribution in [0.4, 0.5) is 0 Å². The van der Waals surface area contributed by atoms with Crippen LogP contribution in [-0.2, 0) is 65.4 Å². The normalized spacial score (nSPS) is 14.3. The summed E-state index contributed by atoms with van der Waals surface area (Å²) in [5.74, 6) is 0.959. The number of esters is 4. The van der Waals surface area contributed by atoms with E-state index in [1.807, 2.05) is 0 Å². The van der Waals surface area contributed by atoms with E-state index in [2.05, 4.69) is 55.4 Å². The van der Waals surface area contributed by atoms with Crippen molar-refractivity contribution >= 4 is 39.5 Å². The van der Waals surface area contributed by atoms with E-state index in [0.29, 0.717) is 37.5 Å². The van der Waals surface area contributed by atoms with Gasteiger partial charge < -0.3 is 33.8 Å². The van der Waals surface area contributed by atoms with Gasteiger partial charge in [-0.25, -0.2) is 9.13 Å². The molecule has 0 aliphatic rings. The van der Waals surface area contributed by atoms with Crippen LogP contribution in [0.25, 0.3) is 0 Å². The van der Waals surface area contributed by atoms with Crippen molar-refractivity contribution < 1.29 is 80.2 Å². The van der Waals surface area contributed by atoms with Gasteiger partial charge >= 0.3 is 39.5 Å². The number of hydrogen-bond acceptors (Lipinski definition) is 15. The lowest BCUT2D eigenvalue weighted by molar-refractivity contribution is -0.161. The van der Waals surface area contributed by atoms with Crippen LogP contribution in [0.5, 0.6) is 0 Å². The lowest BCUT2D eigenvalue weighted by atomic mass is 9.99. The second-order valence-corrected chi connectivity index (χ2v) is 34.4. The fourth-order valence-electron chi connectivity index (χ4n) is 12.8. The van der Waals surface area contributed by atoms with Crippen LogP contribution in [0.15, 0.2) is 0 Å². The molecule has 3 unspecified atom stereocenters. The molecule has 0 aromatic heterocycles. The third-order valence-electron chi connectivity index (χ3n) is 19.7. The van der Waals surface area contributed by atoms with Crippen LogP contribution in [0, 0.1) is 23.7 Å². The molecule has 0 saturated carbocycles. The van der Waals surface area contributed by atoms with Gasteiger partial charge in [-0.2, -0.15) is 0 Å². The summed E-state index contributed by atoms with van der Waals surface area (Å²) in [5.41, 5.74) is 0. The zero-order chi connectivity index (χ0) is 75.3. The van der Waals surface area contributed by atoms with Crippen molar-refractivity contribution in [3.8, 4) is 0 Å². The minimum Gasteiger partial charge on any atom is -0.462 e. The van der Waals surface area contributed by atoms with E-state index in [1.165, 1.54) is 218 Å². The number of aliphatic hydroxyl groups excluding tert-OH is 1. The van der Waals surface area contributed by atoms with E-state index in [9.17, 15) is 43.2 Å². The molecule has 0 bridgehead atoms. The van der Waals surface area contributed by atoms with Gasteiger partial charge in [-0.05, 0) is 49.4 Å². The Bertz CT molecular complexity index is 1990. The van der Waals surface area contributed by atoms with Crippen molar-refractivity contribution in [2.24, 2.45) is 23.7 Å². The Morgan fingerprint density at radius 2 is 0.471 bits per heavy atom. The van der Waals surface area contributed by atoms with Gasteiger partial charge in [-0.3, -0.25) is 37.3 Å². The molecule has 3 N–H and O–H groups in total. The van der Waals surface area contributed by atoms with Crippen molar-refractivity contribution in [3.63, 3.8) is 0 Å². The lowest BCUT2D eigenvalue weighted by Crippen LogP contribution is -2.30. The second kappa shape index (κ2) is 72.0. The number of rotatable bonds is 80. The molecule has 0 saturated heterocycles. The number of hydrogen-bond donors (Lipinski definition) is 3. The maximum atomic E-state index is 13.1. The zero-order valence-corrected chi connectivity index (χ0v) is 69.0. The number of aliphatic hydroxyl groups is 1. The summed E-state index contributed by atoms with van der Waals surface area (Å²) in [6.45, 7) is 14.2. The molecule has 0 aromatic carbocycles. The summed E-state index contributed by atoms with van der Waals surface area (Å²) in [6.07, 6.45) is 60.1. The smallest absolute Gasteiger partial charge is 0.462 e. The lowest BCUT2D eigenvalue weighted by Gasteiger charge is -2.21. The van der Waals surface area contributed by atoms with Crippen molar-refractivity contribution in [2.75, 3.05) is 39.6 Å². The van der Waals surface area contributed by atoms with E-state index >= 15 is 0 Å². The highest BCUT2D eigenvalue weighted by atomic mass is 31.2. The van der Waals surface area contributed by atoms with Gasteiger partial charge in [-0.1, -0.05) is 376 Å². The summed E-state index contributed by atoms with van der Waals surface area (Å²) in [7, 11) is -9.92. The molecule has 0 aliphatic carbocycles. The van der Waals surface area contributed by atoms with E-state index in [4.69, 9.17) is 37.0 Å². The minimum atomic E-state index is -4.96. The molecule has 0 rings (SSSR count). The molecule has 0 amide bonds. The Hall–Kier alpha value is -1.94. The van der Waals surface area contributed by atoms with Crippen LogP contribution < -0.4 is 0 Å². The number of carbonyl (C=O) groups excluding carboxylic acids is 4. The van der Waals surface area contributed by atoms with Crippen molar-refractivity contribution in [1.29, 1.82) is 0 Å². The predicted molar refractivity (Wildman–Crippen MR) is 418 cm³/mol. The van der Waals surface area contributed by atoms with Crippen LogP contribution in [0.1, 0.15) is 428 Å². The molecule has 0 spiro atoms. The number of phosphoric acid groups is 2. The average Bonchev–Trinajstić information content (AvgIpc) is 0.920. The summed E-state index contributed by atoms with van der Waals surface area (Å²) < 4.78 is 68.7. The van der Waals surface area contributed by atoms with Gasteiger partial charge in [0.2, 0.25) is 0 Å². The molecule has 0 aliphatic heterocycles. The topological polar surface area (TPSA) is 237 Å².